The van der Waals surface area contributed by atoms with Gasteiger partial charge in [0.15, 0.2) is 11.2 Å². The zero-order chi connectivity index (χ0) is 19.0. The van der Waals surface area contributed by atoms with E-state index in [1.807, 2.05) is 49.6 Å². The molecule has 2 heterocycles. The summed E-state index contributed by atoms with van der Waals surface area (Å²) < 4.78 is 4.78. The smallest absolute Gasteiger partial charge is 0.322 e. The van der Waals surface area contributed by atoms with Gasteiger partial charge in [0.1, 0.15) is 0 Å². The molecule has 0 aliphatic heterocycles. The van der Waals surface area contributed by atoms with Crippen LogP contribution < -0.4 is 11.2 Å². The zero-order valence-corrected chi connectivity index (χ0v) is 16.1. The van der Waals surface area contributed by atoms with Crippen LogP contribution in [0.4, 0.5) is 0 Å². The van der Waals surface area contributed by atoms with Gasteiger partial charge in [0.25, 0.3) is 5.56 Å². The van der Waals surface area contributed by atoms with Crippen molar-refractivity contribution < 1.29 is 0 Å². The fourth-order valence-electron chi connectivity index (χ4n) is 3.15. The summed E-state index contributed by atoms with van der Waals surface area (Å²) in [5.74, 6) is 0.402. The van der Waals surface area contributed by atoms with Crippen LogP contribution in [0.15, 0.2) is 40.2 Å². The second-order valence-electron chi connectivity index (χ2n) is 7.46. The SMILES string of the molecule is Cc1ccccc1-n1c(=O)n(CCC(C)C)c(=O)c2c1ncn2C(C)C. The molecule has 0 atom stereocenters. The number of imidazole rings is 1. The van der Waals surface area contributed by atoms with Crippen molar-refractivity contribution in [1.82, 2.24) is 18.7 Å². The summed E-state index contributed by atoms with van der Waals surface area (Å²) in [6.07, 6.45) is 2.42. The van der Waals surface area contributed by atoms with Crippen LogP contribution in [0.2, 0.25) is 0 Å². The van der Waals surface area contributed by atoms with Crippen molar-refractivity contribution >= 4 is 11.2 Å². The minimum Gasteiger partial charge on any atom is -0.322 e. The van der Waals surface area contributed by atoms with Crippen LogP contribution in [0.25, 0.3) is 16.9 Å². The molecule has 1 aromatic carbocycles. The average molecular weight is 354 g/mol. The molecule has 0 aliphatic carbocycles. The number of hydrogen-bond acceptors (Lipinski definition) is 3. The fourth-order valence-corrected chi connectivity index (χ4v) is 3.15. The van der Waals surface area contributed by atoms with E-state index in [0.29, 0.717) is 23.6 Å². The Morgan fingerprint density at radius 2 is 1.77 bits per heavy atom. The predicted molar refractivity (Wildman–Crippen MR) is 104 cm³/mol. The van der Waals surface area contributed by atoms with E-state index < -0.39 is 0 Å². The fraction of sp³-hybridized carbons (Fsp3) is 0.450. The van der Waals surface area contributed by atoms with E-state index >= 15 is 0 Å². The lowest BCUT2D eigenvalue weighted by atomic mass is 10.1. The highest BCUT2D eigenvalue weighted by Crippen LogP contribution is 2.18. The molecule has 6 heteroatoms. The van der Waals surface area contributed by atoms with Crippen LogP contribution in [-0.2, 0) is 6.54 Å². The Balaban J connectivity index is 2.42. The Morgan fingerprint density at radius 3 is 2.38 bits per heavy atom. The van der Waals surface area contributed by atoms with Crippen LogP contribution in [0.1, 0.15) is 45.7 Å². The number of para-hydroxylation sites is 1. The molecule has 0 N–H and O–H groups in total. The Kier molecular flexibility index (Phi) is 4.85. The minimum absolute atomic E-state index is 0.0778. The van der Waals surface area contributed by atoms with Gasteiger partial charge in [-0.2, -0.15) is 0 Å². The lowest BCUT2D eigenvalue weighted by Gasteiger charge is -2.15. The average Bonchev–Trinajstić information content (AvgIpc) is 3.01. The largest absolute Gasteiger partial charge is 0.337 e. The second kappa shape index (κ2) is 6.94. The Labute approximate surface area is 152 Å². The number of hydrogen-bond donors (Lipinski definition) is 0. The molecular formula is C20H26N4O2. The van der Waals surface area contributed by atoms with E-state index in [2.05, 4.69) is 18.8 Å². The molecular weight excluding hydrogens is 328 g/mol. The van der Waals surface area contributed by atoms with Crippen LogP contribution in [0, 0.1) is 12.8 Å². The van der Waals surface area contributed by atoms with Crippen LogP contribution in [0.3, 0.4) is 0 Å². The monoisotopic (exact) mass is 354 g/mol. The van der Waals surface area contributed by atoms with Gasteiger partial charge >= 0.3 is 5.69 Å². The quantitative estimate of drug-likeness (QED) is 0.706. The molecule has 26 heavy (non-hydrogen) atoms. The van der Waals surface area contributed by atoms with Gasteiger partial charge in [0.2, 0.25) is 0 Å². The normalized spacial score (nSPS) is 11.8. The van der Waals surface area contributed by atoms with E-state index in [1.54, 1.807) is 10.9 Å². The molecule has 0 saturated heterocycles. The Hall–Kier alpha value is -2.63. The van der Waals surface area contributed by atoms with Gasteiger partial charge in [-0.1, -0.05) is 32.0 Å². The summed E-state index contributed by atoms with van der Waals surface area (Å²) in [5.41, 5.74) is 2.03. The zero-order valence-electron chi connectivity index (χ0n) is 16.1. The lowest BCUT2D eigenvalue weighted by molar-refractivity contribution is 0.490. The molecule has 0 spiro atoms. The topological polar surface area (TPSA) is 61.8 Å². The maximum atomic E-state index is 13.2. The molecule has 0 unspecified atom stereocenters. The van der Waals surface area contributed by atoms with Gasteiger partial charge in [-0.25, -0.2) is 14.3 Å². The first-order chi connectivity index (χ1) is 12.3. The maximum absolute atomic E-state index is 13.2. The maximum Gasteiger partial charge on any atom is 0.337 e. The lowest BCUT2D eigenvalue weighted by Crippen LogP contribution is -2.40. The summed E-state index contributed by atoms with van der Waals surface area (Å²) in [5, 5.41) is 0. The van der Waals surface area contributed by atoms with Crippen molar-refractivity contribution in [3.05, 3.63) is 57.0 Å². The van der Waals surface area contributed by atoms with Crippen LogP contribution in [0.5, 0.6) is 0 Å². The molecule has 0 saturated carbocycles. The number of nitrogens with zero attached hydrogens (tertiary/aromatic N) is 4. The molecule has 138 valence electrons. The highest BCUT2D eigenvalue weighted by molar-refractivity contribution is 5.73. The Morgan fingerprint density at radius 1 is 1.08 bits per heavy atom. The van der Waals surface area contributed by atoms with Crippen LogP contribution in [-0.4, -0.2) is 18.7 Å². The van der Waals surface area contributed by atoms with Crippen molar-refractivity contribution in [1.29, 1.82) is 0 Å². The van der Waals surface area contributed by atoms with Gasteiger partial charge in [-0.3, -0.25) is 9.36 Å². The minimum atomic E-state index is -0.327. The van der Waals surface area contributed by atoms with Crippen LogP contribution >= 0.6 is 0 Å². The van der Waals surface area contributed by atoms with E-state index in [9.17, 15) is 9.59 Å². The van der Waals surface area contributed by atoms with Crippen molar-refractivity contribution in [3.63, 3.8) is 0 Å². The number of benzene rings is 1. The third-order valence-corrected chi connectivity index (χ3v) is 4.70. The van der Waals surface area contributed by atoms with Crippen molar-refractivity contribution in [2.45, 2.75) is 53.6 Å². The summed E-state index contributed by atoms with van der Waals surface area (Å²) >= 11 is 0. The van der Waals surface area contributed by atoms with Crippen molar-refractivity contribution in [2.75, 3.05) is 0 Å². The van der Waals surface area contributed by atoms with Gasteiger partial charge in [-0.05, 0) is 44.7 Å². The molecule has 3 aromatic rings. The molecule has 3 rings (SSSR count). The summed E-state index contributed by atoms with van der Waals surface area (Å²) in [6, 6.07) is 7.75. The number of aryl methyl sites for hydroxylation is 1. The van der Waals surface area contributed by atoms with Gasteiger partial charge in [-0.15, -0.1) is 0 Å². The third-order valence-electron chi connectivity index (χ3n) is 4.70. The first kappa shape index (κ1) is 18.2. The number of rotatable bonds is 5. The summed E-state index contributed by atoms with van der Waals surface area (Å²) in [4.78, 5) is 30.8. The molecule has 0 bridgehead atoms. The van der Waals surface area contributed by atoms with E-state index in [4.69, 9.17) is 0 Å². The van der Waals surface area contributed by atoms with Gasteiger partial charge in [0, 0.05) is 12.6 Å². The predicted octanol–water partition coefficient (Wildman–Crippen LogP) is 3.28. The van der Waals surface area contributed by atoms with E-state index in [0.717, 1.165) is 17.7 Å². The second-order valence-corrected chi connectivity index (χ2v) is 7.46. The van der Waals surface area contributed by atoms with Gasteiger partial charge in [0.05, 0.1) is 12.0 Å². The van der Waals surface area contributed by atoms with E-state index in [-0.39, 0.29) is 17.3 Å². The first-order valence-electron chi connectivity index (χ1n) is 9.11. The van der Waals surface area contributed by atoms with E-state index in [1.165, 1.54) is 4.57 Å². The Bertz CT molecular complexity index is 1050. The molecule has 0 radical (unpaired) electrons. The third kappa shape index (κ3) is 3.00. The summed E-state index contributed by atoms with van der Waals surface area (Å²) in [6.45, 7) is 10.5. The number of fused-ring (bicyclic) bond motifs is 1. The molecule has 0 fully saturated rings. The summed E-state index contributed by atoms with van der Waals surface area (Å²) in [7, 11) is 0. The molecule has 0 aliphatic rings. The highest BCUT2D eigenvalue weighted by atomic mass is 16.2. The first-order valence-corrected chi connectivity index (χ1v) is 9.11. The molecule has 0 amide bonds. The van der Waals surface area contributed by atoms with Crippen molar-refractivity contribution in [2.24, 2.45) is 5.92 Å². The van der Waals surface area contributed by atoms with Gasteiger partial charge < -0.3 is 4.57 Å². The standard InChI is InChI=1S/C20H26N4O2/c1-13(2)10-11-22-19(25)17-18(21-12-23(17)14(3)4)24(20(22)26)16-9-7-6-8-15(16)5/h6-9,12-14H,10-11H2,1-5H3. The highest BCUT2D eigenvalue weighted by Gasteiger charge is 2.20. The molecule has 2 aromatic heterocycles. The number of aromatic nitrogens is 4. The molecule has 6 nitrogen and oxygen atoms in total. The van der Waals surface area contributed by atoms with Crippen molar-refractivity contribution in [3.8, 4) is 5.69 Å².